The quantitative estimate of drug-likeness (QED) is 0.540. The first-order chi connectivity index (χ1) is 11.9. The zero-order valence-electron chi connectivity index (χ0n) is 14.8. The largest absolute Gasteiger partial charge is 0.482 e. The lowest BCUT2D eigenvalue weighted by Gasteiger charge is -2.11. The van der Waals surface area contributed by atoms with Gasteiger partial charge in [0.1, 0.15) is 11.3 Å². The average molecular weight is 368 g/mol. The standard InChI is InChI=1S/C18H23ClN2O4/c1-4-12-8-18(23)25-15-10-16(14(19)9-13(12)15)24-11-17(22)20-6-5-7-21(2)3/h8-10H,4-7,11H2,1-3H3,(H,20,22)/p+1. The van der Waals surface area contributed by atoms with Crippen LogP contribution in [0, 0.1) is 0 Å². The molecule has 2 rings (SSSR count). The maximum Gasteiger partial charge on any atom is 0.336 e. The van der Waals surface area contributed by atoms with Crippen molar-refractivity contribution < 1.29 is 18.8 Å². The highest BCUT2D eigenvalue weighted by atomic mass is 35.5. The SMILES string of the molecule is CCc1cc(=O)oc2cc(OCC(=O)NCCC[NH+](C)C)c(Cl)cc12. The van der Waals surface area contributed by atoms with E-state index in [1.165, 1.54) is 11.0 Å². The summed E-state index contributed by atoms with van der Waals surface area (Å²) in [7, 11) is 4.13. The number of ether oxygens (including phenoxy) is 1. The molecule has 25 heavy (non-hydrogen) atoms. The number of carbonyl (C=O) groups is 1. The molecular weight excluding hydrogens is 344 g/mol. The second-order valence-electron chi connectivity index (χ2n) is 6.17. The topological polar surface area (TPSA) is 73.0 Å². The molecule has 0 atom stereocenters. The molecule has 0 spiro atoms. The number of hydrogen-bond donors (Lipinski definition) is 2. The second kappa shape index (κ2) is 8.87. The summed E-state index contributed by atoms with van der Waals surface area (Å²) in [5.41, 5.74) is 0.844. The summed E-state index contributed by atoms with van der Waals surface area (Å²) >= 11 is 6.24. The minimum absolute atomic E-state index is 0.141. The normalized spacial score (nSPS) is 11.1. The molecule has 1 heterocycles. The van der Waals surface area contributed by atoms with Crippen LogP contribution in [0.2, 0.25) is 5.02 Å². The Balaban J connectivity index is 2.02. The summed E-state index contributed by atoms with van der Waals surface area (Å²) in [6, 6.07) is 4.72. The number of halogens is 1. The van der Waals surface area contributed by atoms with Crippen molar-refractivity contribution >= 4 is 28.5 Å². The number of carbonyl (C=O) groups excluding carboxylic acids is 1. The molecule has 136 valence electrons. The fraction of sp³-hybridized carbons (Fsp3) is 0.444. The number of hydrogen-bond acceptors (Lipinski definition) is 4. The van der Waals surface area contributed by atoms with E-state index in [9.17, 15) is 9.59 Å². The predicted molar refractivity (Wildman–Crippen MR) is 97.7 cm³/mol. The van der Waals surface area contributed by atoms with Crippen molar-refractivity contribution in [3.8, 4) is 5.75 Å². The Labute approximate surface area is 151 Å². The van der Waals surface area contributed by atoms with E-state index in [1.54, 1.807) is 12.1 Å². The first kappa shape index (κ1) is 19.3. The zero-order chi connectivity index (χ0) is 18.4. The van der Waals surface area contributed by atoms with Gasteiger partial charge < -0.3 is 19.4 Å². The summed E-state index contributed by atoms with van der Waals surface area (Å²) in [5.74, 6) is 0.104. The number of fused-ring (bicyclic) bond motifs is 1. The van der Waals surface area contributed by atoms with Crippen molar-refractivity contribution in [1.29, 1.82) is 0 Å². The predicted octanol–water partition coefficient (Wildman–Crippen LogP) is 1.04. The molecule has 0 aliphatic carbocycles. The molecule has 2 aromatic rings. The van der Waals surface area contributed by atoms with Gasteiger partial charge in [-0.3, -0.25) is 4.79 Å². The third-order valence-electron chi connectivity index (χ3n) is 3.80. The highest BCUT2D eigenvalue weighted by Crippen LogP contribution is 2.31. The van der Waals surface area contributed by atoms with E-state index in [4.69, 9.17) is 20.8 Å². The smallest absolute Gasteiger partial charge is 0.336 e. The van der Waals surface area contributed by atoms with Crippen LogP contribution in [0.4, 0.5) is 0 Å². The minimum atomic E-state index is -0.418. The van der Waals surface area contributed by atoms with E-state index in [2.05, 4.69) is 19.4 Å². The third-order valence-corrected chi connectivity index (χ3v) is 4.09. The molecule has 0 radical (unpaired) electrons. The summed E-state index contributed by atoms with van der Waals surface area (Å²) in [5, 5.41) is 3.95. The van der Waals surface area contributed by atoms with E-state index < -0.39 is 5.63 Å². The maximum atomic E-state index is 11.8. The fourth-order valence-electron chi connectivity index (χ4n) is 2.50. The van der Waals surface area contributed by atoms with Crippen LogP contribution in [0.15, 0.2) is 27.4 Å². The molecule has 1 amide bonds. The van der Waals surface area contributed by atoms with Gasteiger partial charge in [0.15, 0.2) is 6.61 Å². The molecule has 0 unspecified atom stereocenters. The average Bonchev–Trinajstić information content (AvgIpc) is 2.56. The van der Waals surface area contributed by atoms with Crippen LogP contribution in [0.1, 0.15) is 18.9 Å². The van der Waals surface area contributed by atoms with Gasteiger partial charge in [0.2, 0.25) is 0 Å². The Morgan fingerprint density at radius 1 is 1.32 bits per heavy atom. The first-order valence-corrected chi connectivity index (χ1v) is 8.73. The van der Waals surface area contributed by atoms with Crippen LogP contribution >= 0.6 is 11.6 Å². The van der Waals surface area contributed by atoms with Crippen LogP contribution < -0.4 is 20.6 Å². The van der Waals surface area contributed by atoms with Gasteiger partial charge in [-0.1, -0.05) is 18.5 Å². The molecule has 0 fully saturated rings. The molecule has 2 N–H and O–H groups in total. The number of amides is 1. The second-order valence-corrected chi connectivity index (χ2v) is 6.58. The van der Waals surface area contributed by atoms with Gasteiger partial charge >= 0.3 is 5.63 Å². The van der Waals surface area contributed by atoms with Gasteiger partial charge in [-0.15, -0.1) is 0 Å². The van der Waals surface area contributed by atoms with Crippen molar-refractivity contribution in [2.45, 2.75) is 19.8 Å². The summed E-state index contributed by atoms with van der Waals surface area (Å²) < 4.78 is 10.7. The third kappa shape index (κ3) is 5.47. The molecule has 0 aliphatic rings. The number of nitrogens with one attached hydrogen (secondary N) is 2. The minimum Gasteiger partial charge on any atom is -0.482 e. The Morgan fingerprint density at radius 2 is 2.08 bits per heavy atom. The number of aryl methyl sites for hydroxylation is 1. The van der Waals surface area contributed by atoms with Crippen molar-refractivity contribution in [2.75, 3.05) is 33.8 Å². The summed E-state index contributed by atoms with van der Waals surface area (Å²) in [6.07, 6.45) is 1.59. The summed E-state index contributed by atoms with van der Waals surface area (Å²) in [6.45, 7) is 3.40. The summed E-state index contributed by atoms with van der Waals surface area (Å²) in [4.78, 5) is 24.8. The molecule has 7 heteroatoms. The van der Waals surface area contributed by atoms with Crippen LogP contribution in [0.25, 0.3) is 11.0 Å². The van der Waals surface area contributed by atoms with E-state index in [-0.39, 0.29) is 12.5 Å². The lowest BCUT2D eigenvalue weighted by Crippen LogP contribution is -3.05. The van der Waals surface area contributed by atoms with Crippen LogP contribution in [-0.2, 0) is 11.2 Å². The monoisotopic (exact) mass is 367 g/mol. The molecule has 0 aliphatic heterocycles. The first-order valence-electron chi connectivity index (χ1n) is 8.35. The van der Waals surface area contributed by atoms with Gasteiger partial charge in [0.05, 0.1) is 25.7 Å². The molecule has 1 aromatic heterocycles. The lowest BCUT2D eigenvalue weighted by atomic mass is 10.1. The van der Waals surface area contributed by atoms with Gasteiger partial charge in [-0.25, -0.2) is 4.79 Å². The van der Waals surface area contributed by atoms with Crippen LogP contribution in [0.5, 0.6) is 5.75 Å². The molecular formula is C18H24ClN2O4+. The Bertz CT molecular complexity index is 801. The van der Waals surface area contributed by atoms with Crippen LogP contribution in [-0.4, -0.2) is 39.7 Å². The van der Waals surface area contributed by atoms with Crippen molar-refractivity contribution in [3.05, 3.63) is 39.2 Å². The van der Waals surface area contributed by atoms with E-state index in [0.717, 1.165) is 23.9 Å². The number of quaternary nitrogens is 1. The maximum absolute atomic E-state index is 11.8. The van der Waals surface area contributed by atoms with E-state index in [1.807, 2.05) is 6.92 Å². The van der Waals surface area contributed by atoms with E-state index in [0.29, 0.717) is 29.3 Å². The van der Waals surface area contributed by atoms with Crippen molar-refractivity contribution in [2.24, 2.45) is 0 Å². The molecule has 1 aromatic carbocycles. The van der Waals surface area contributed by atoms with Gasteiger partial charge in [-0.05, 0) is 18.1 Å². The highest BCUT2D eigenvalue weighted by molar-refractivity contribution is 6.32. The van der Waals surface area contributed by atoms with Gasteiger partial charge in [0.25, 0.3) is 5.91 Å². The molecule has 0 saturated carbocycles. The number of benzene rings is 1. The van der Waals surface area contributed by atoms with Gasteiger partial charge in [0, 0.05) is 30.5 Å². The Morgan fingerprint density at radius 3 is 2.76 bits per heavy atom. The van der Waals surface area contributed by atoms with Crippen molar-refractivity contribution in [3.63, 3.8) is 0 Å². The van der Waals surface area contributed by atoms with E-state index >= 15 is 0 Å². The Hall–Kier alpha value is -2.05. The highest BCUT2D eigenvalue weighted by Gasteiger charge is 2.12. The number of rotatable bonds is 8. The van der Waals surface area contributed by atoms with Crippen molar-refractivity contribution in [1.82, 2.24) is 5.32 Å². The molecule has 6 nitrogen and oxygen atoms in total. The zero-order valence-corrected chi connectivity index (χ0v) is 15.5. The lowest BCUT2D eigenvalue weighted by molar-refractivity contribution is -0.858. The van der Waals surface area contributed by atoms with Crippen LogP contribution in [0.3, 0.4) is 0 Å². The molecule has 0 bridgehead atoms. The fourth-order valence-corrected chi connectivity index (χ4v) is 2.71. The molecule has 0 saturated heterocycles. The Kier molecular flexibility index (Phi) is 6.84. The van der Waals surface area contributed by atoms with Gasteiger partial charge in [-0.2, -0.15) is 0 Å².